The molecule has 6 heteroatoms. The molecule has 2 N–H and O–H groups in total. The molecule has 3 unspecified atom stereocenters. The Morgan fingerprint density at radius 2 is 1.96 bits per heavy atom. The Balaban J connectivity index is 2.37. The van der Waals surface area contributed by atoms with Crippen molar-refractivity contribution in [2.45, 2.75) is 45.9 Å². The van der Waals surface area contributed by atoms with Crippen LogP contribution in [-0.2, 0) is 15.5 Å². The zero-order valence-corrected chi connectivity index (χ0v) is 15.7. The molecule has 4 atom stereocenters. The Kier molecular flexibility index (Phi) is 6.04. The summed E-state index contributed by atoms with van der Waals surface area (Å²) in [4.78, 5) is 13.6. The Labute approximate surface area is 147 Å². The minimum absolute atomic E-state index is 0.0208. The SMILES string of the molecule is C[C@H](OC(N)=O)C(N1CCS(=O)CC1c1ccccc1)C(C)(C)C. The van der Waals surface area contributed by atoms with Gasteiger partial charge in [0, 0.05) is 34.9 Å². The third-order valence-corrected chi connectivity index (χ3v) is 5.82. The molecule has 0 radical (unpaired) electrons. The summed E-state index contributed by atoms with van der Waals surface area (Å²) in [6.45, 7) is 8.99. The van der Waals surface area contributed by atoms with Crippen LogP contribution in [0.4, 0.5) is 4.79 Å². The maximum atomic E-state index is 12.2. The van der Waals surface area contributed by atoms with Crippen molar-refractivity contribution < 1.29 is 13.7 Å². The number of carbonyl (C=O) groups is 1. The van der Waals surface area contributed by atoms with Crippen molar-refractivity contribution in [2.75, 3.05) is 18.1 Å². The second kappa shape index (κ2) is 7.66. The molecule has 1 aliphatic rings. The van der Waals surface area contributed by atoms with E-state index in [0.29, 0.717) is 18.1 Å². The maximum Gasteiger partial charge on any atom is 0.404 e. The number of carbonyl (C=O) groups excluding carboxylic acids is 1. The van der Waals surface area contributed by atoms with Crippen LogP contribution in [0.3, 0.4) is 0 Å². The standard InChI is InChI=1S/C18H28N2O3S/c1-13(23-17(19)21)16(18(2,3)4)20-10-11-24(22)12-15(20)14-8-6-5-7-9-14/h5-9,13,15-16H,10-12H2,1-4H3,(H2,19,21)/t13-,15?,16?,24?/m0/s1. The number of rotatable bonds is 4. The normalized spacial score (nSPS) is 25.0. The van der Waals surface area contributed by atoms with Crippen molar-refractivity contribution in [2.24, 2.45) is 11.1 Å². The van der Waals surface area contributed by atoms with Gasteiger partial charge in [-0.3, -0.25) is 9.11 Å². The first-order valence-corrected chi connectivity index (χ1v) is 9.80. The van der Waals surface area contributed by atoms with E-state index in [1.54, 1.807) is 0 Å². The molecule has 1 amide bonds. The summed E-state index contributed by atoms with van der Waals surface area (Å²) in [6, 6.07) is 10.1. The largest absolute Gasteiger partial charge is 0.445 e. The van der Waals surface area contributed by atoms with Gasteiger partial charge in [0.1, 0.15) is 6.10 Å². The molecule has 2 rings (SSSR count). The molecule has 1 aromatic carbocycles. The van der Waals surface area contributed by atoms with Crippen molar-refractivity contribution in [1.82, 2.24) is 4.90 Å². The lowest BCUT2D eigenvalue weighted by molar-refractivity contribution is -0.0250. The van der Waals surface area contributed by atoms with Crippen molar-refractivity contribution in [1.29, 1.82) is 0 Å². The zero-order chi connectivity index (χ0) is 17.9. The molecular formula is C18H28N2O3S. The van der Waals surface area contributed by atoms with Crippen molar-refractivity contribution >= 4 is 16.9 Å². The molecule has 0 spiro atoms. The second-order valence-electron chi connectivity index (χ2n) is 7.43. The highest BCUT2D eigenvalue weighted by Crippen LogP contribution is 2.36. The molecule has 24 heavy (non-hydrogen) atoms. The van der Waals surface area contributed by atoms with Crippen LogP contribution < -0.4 is 5.73 Å². The Morgan fingerprint density at radius 3 is 2.50 bits per heavy atom. The van der Waals surface area contributed by atoms with Crippen LogP contribution in [0, 0.1) is 5.41 Å². The molecule has 1 fully saturated rings. The van der Waals surface area contributed by atoms with Crippen LogP contribution in [0.2, 0.25) is 0 Å². The van der Waals surface area contributed by atoms with E-state index >= 15 is 0 Å². The lowest BCUT2D eigenvalue weighted by Crippen LogP contribution is -2.56. The minimum atomic E-state index is -0.833. The van der Waals surface area contributed by atoms with Crippen molar-refractivity contribution in [3.05, 3.63) is 35.9 Å². The fourth-order valence-corrected chi connectivity index (χ4v) is 5.05. The number of ether oxygens (including phenoxy) is 1. The predicted molar refractivity (Wildman–Crippen MR) is 97.1 cm³/mol. The molecule has 5 nitrogen and oxygen atoms in total. The van der Waals surface area contributed by atoms with E-state index in [1.807, 2.05) is 25.1 Å². The third kappa shape index (κ3) is 4.57. The Hall–Kier alpha value is -1.40. The summed E-state index contributed by atoms with van der Waals surface area (Å²) in [6.07, 6.45) is -1.10. The first-order valence-electron chi connectivity index (χ1n) is 8.32. The fraction of sp³-hybridized carbons (Fsp3) is 0.611. The number of hydrogen-bond donors (Lipinski definition) is 1. The van der Waals surface area contributed by atoms with Crippen molar-refractivity contribution in [3.8, 4) is 0 Å². The van der Waals surface area contributed by atoms with E-state index in [2.05, 4.69) is 37.8 Å². The number of primary amides is 1. The van der Waals surface area contributed by atoms with Gasteiger partial charge in [-0.2, -0.15) is 0 Å². The van der Waals surface area contributed by atoms with E-state index in [4.69, 9.17) is 10.5 Å². The van der Waals surface area contributed by atoms with E-state index in [0.717, 1.165) is 5.56 Å². The first-order chi connectivity index (χ1) is 11.2. The molecule has 0 aromatic heterocycles. The summed E-state index contributed by atoms with van der Waals surface area (Å²) in [5.41, 5.74) is 6.26. The zero-order valence-electron chi connectivity index (χ0n) is 14.9. The smallest absolute Gasteiger partial charge is 0.404 e. The third-order valence-electron chi connectivity index (χ3n) is 4.50. The van der Waals surface area contributed by atoms with Gasteiger partial charge in [-0.25, -0.2) is 4.79 Å². The van der Waals surface area contributed by atoms with Crippen LogP contribution in [0.15, 0.2) is 30.3 Å². The average molecular weight is 353 g/mol. The van der Waals surface area contributed by atoms with Gasteiger partial charge in [0.25, 0.3) is 0 Å². The van der Waals surface area contributed by atoms with Gasteiger partial charge in [-0.1, -0.05) is 51.1 Å². The van der Waals surface area contributed by atoms with E-state index in [-0.39, 0.29) is 23.6 Å². The molecule has 1 aromatic rings. The first kappa shape index (κ1) is 18.9. The van der Waals surface area contributed by atoms with E-state index < -0.39 is 16.9 Å². The summed E-state index contributed by atoms with van der Waals surface area (Å²) < 4.78 is 17.5. The van der Waals surface area contributed by atoms with Gasteiger partial charge in [0.05, 0.1) is 6.04 Å². The maximum absolute atomic E-state index is 12.2. The van der Waals surface area contributed by atoms with Gasteiger partial charge in [0.2, 0.25) is 0 Å². The minimum Gasteiger partial charge on any atom is -0.445 e. The lowest BCUT2D eigenvalue weighted by atomic mass is 9.81. The van der Waals surface area contributed by atoms with E-state index in [1.165, 1.54) is 0 Å². The molecule has 1 heterocycles. The number of amides is 1. The van der Waals surface area contributed by atoms with Gasteiger partial charge < -0.3 is 10.5 Å². The van der Waals surface area contributed by atoms with Crippen LogP contribution in [0.25, 0.3) is 0 Å². The second-order valence-corrected chi connectivity index (χ2v) is 9.05. The summed E-state index contributed by atoms with van der Waals surface area (Å²) >= 11 is 0. The molecular weight excluding hydrogens is 324 g/mol. The van der Waals surface area contributed by atoms with Crippen LogP contribution in [0.1, 0.15) is 39.3 Å². The molecule has 0 aliphatic carbocycles. The number of hydrogen-bond acceptors (Lipinski definition) is 4. The van der Waals surface area contributed by atoms with Crippen LogP contribution in [0.5, 0.6) is 0 Å². The summed E-state index contributed by atoms with van der Waals surface area (Å²) in [5.74, 6) is 1.24. The fourth-order valence-electron chi connectivity index (χ4n) is 3.73. The average Bonchev–Trinajstić information content (AvgIpc) is 2.47. The monoisotopic (exact) mass is 352 g/mol. The highest BCUT2D eigenvalue weighted by Gasteiger charge is 2.42. The molecule has 0 bridgehead atoms. The lowest BCUT2D eigenvalue weighted by Gasteiger charge is -2.48. The van der Waals surface area contributed by atoms with Gasteiger partial charge >= 0.3 is 6.09 Å². The van der Waals surface area contributed by atoms with Gasteiger partial charge in [-0.05, 0) is 17.9 Å². The number of nitrogens with zero attached hydrogens (tertiary/aromatic N) is 1. The molecule has 134 valence electrons. The summed E-state index contributed by atoms with van der Waals surface area (Å²) in [7, 11) is -0.833. The van der Waals surface area contributed by atoms with E-state index in [9.17, 15) is 9.00 Å². The van der Waals surface area contributed by atoms with Crippen LogP contribution >= 0.6 is 0 Å². The molecule has 1 saturated heterocycles. The topological polar surface area (TPSA) is 72.6 Å². The predicted octanol–water partition coefficient (Wildman–Crippen LogP) is 2.69. The van der Waals surface area contributed by atoms with Gasteiger partial charge in [-0.15, -0.1) is 0 Å². The highest BCUT2D eigenvalue weighted by molar-refractivity contribution is 7.85. The summed E-state index contributed by atoms with van der Waals surface area (Å²) in [5, 5.41) is 0. The molecule has 0 saturated carbocycles. The van der Waals surface area contributed by atoms with Crippen LogP contribution in [-0.4, -0.2) is 45.4 Å². The number of benzene rings is 1. The Morgan fingerprint density at radius 1 is 1.33 bits per heavy atom. The highest BCUT2D eigenvalue weighted by atomic mass is 32.2. The van der Waals surface area contributed by atoms with Crippen molar-refractivity contribution in [3.63, 3.8) is 0 Å². The van der Waals surface area contributed by atoms with Gasteiger partial charge in [0.15, 0.2) is 0 Å². The quantitative estimate of drug-likeness (QED) is 0.904. The number of nitrogens with two attached hydrogens (primary N) is 1. The Bertz CT molecular complexity index is 586. The molecule has 1 aliphatic heterocycles.